The topological polar surface area (TPSA) is 110 Å². The second kappa shape index (κ2) is 6.97. The summed E-state index contributed by atoms with van der Waals surface area (Å²) in [6.45, 7) is 4.94. The molecule has 7 nitrogen and oxygen atoms in total. The molecule has 0 bridgehead atoms. The zero-order valence-electron chi connectivity index (χ0n) is 12.2. The van der Waals surface area contributed by atoms with Crippen molar-refractivity contribution >= 4 is 15.7 Å². The molecule has 0 amide bonds. The van der Waals surface area contributed by atoms with E-state index in [4.69, 9.17) is 5.11 Å². The van der Waals surface area contributed by atoms with Crippen molar-refractivity contribution in [2.45, 2.75) is 38.1 Å². The number of aliphatic hydroxyl groups excluding tert-OH is 1. The lowest BCUT2D eigenvalue weighted by Crippen LogP contribution is -2.39. The van der Waals surface area contributed by atoms with Crippen LogP contribution in [0.25, 0.3) is 0 Å². The summed E-state index contributed by atoms with van der Waals surface area (Å²) in [7, 11) is -3.88. The molecule has 0 aliphatic heterocycles. The average molecular weight is 316 g/mol. The maximum absolute atomic E-state index is 12.4. The lowest BCUT2D eigenvalue weighted by atomic mass is 10.0. The summed E-state index contributed by atoms with van der Waals surface area (Å²) in [5.41, 5.74) is -0.136. The van der Waals surface area contributed by atoms with Crippen LogP contribution < -0.4 is 4.72 Å². The molecule has 0 spiro atoms. The number of nitrogens with one attached hydrogen (secondary N) is 1. The van der Waals surface area contributed by atoms with Crippen LogP contribution in [0.1, 0.15) is 25.8 Å². The molecule has 0 aliphatic rings. The summed E-state index contributed by atoms with van der Waals surface area (Å²) in [5, 5.41) is 19.9. The van der Waals surface area contributed by atoms with Crippen molar-refractivity contribution in [1.82, 2.24) is 4.72 Å². The van der Waals surface area contributed by atoms with Crippen LogP contribution in [0.5, 0.6) is 0 Å². The van der Waals surface area contributed by atoms with Gasteiger partial charge in [0, 0.05) is 24.3 Å². The van der Waals surface area contributed by atoms with Crippen molar-refractivity contribution in [2.75, 3.05) is 6.61 Å². The van der Waals surface area contributed by atoms with Gasteiger partial charge in [-0.3, -0.25) is 10.1 Å². The van der Waals surface area contributed by atoms with Crippen molar-refractivity contribution in [1.29, 1.82) is 0 Å². The first-order chi connectivity index (χ1) is 9.70. The molecule has 118 valence electrons. The summed E-state index contributed by atoms with van der Waals surface area (Å²) < 4.78 is 27.3. The molecule has 1 unspecified atom stereocenters. The minimum absolute atomic E-state index is 0.00840. The fraction of sp³-hybridized carbons (Fsp3) is 0.538. The van der Waals surface area contributed by atoms with Crippen LogP contribution in [0.3, 0.4) is 0 Å². The Kier molecular flexibility index (Phi) is 5.82. The molecule has 0 aliphatic carbocycles. The summed E-state index contributed by atoms with van der Waals surface area (Å²) in [6, 6.07) is 3.51. The third-order valence-corrected chi connectivity index (χ3v) is 4.93. The molecule has 1 rings (SSSR count). The van der Waals surface area contributed by atoms with Crippen molar-refractivity contribution in [3.63, 3.8) is 0 Å². The van der Waals surface area contributed by atoms with Gasteiger partial charge < -0.3 is 5.11 Å². The van der Waals surface area contributed by atoms with Crippen molar-refractivity contribution in [2.24, 2.45) is 5.92 Å². The highest BCUT2D eigenvalue weighted by Gasteiger charge is 2.26. The molecule has 0 aromatic heterocycles. The van der Waals surface area contributed by atoms with Gasteiger partial charge in [-0.15, -0.1) is 0 Å². The second-order valence-electron chi connectivity index (χ2n) is 5.14. The van der Waals surface area contributed by atoms with Gasteiger partial charge in [0.25, 0.3) is 5.69 Å². The Balaban J connectivity index is 3.19. The molecular formula is C13H20N2O5S. The summed E-state index contributed by atoms with van der Waals surface area (Å²) in [4.78, 5) is 10.2. The van der Waals surface area contributed by atoms with E-state index in [1.54, 1.807) is 0 Å². The van der Waals surface area contributed by atoms with E-state index in [2.05, 4.69) is 4.72 Å². The molecule has 0 saturated heterocycles. The minimum atomic E-state index is -3.88. The van der Waals surface area contributed by atoms with E-state index in [9.17, 15) is 18.5 Å². The third-order valence-electron chi connectivity index (χ3n) is 3.29. The maximum Gasteiger partial charge on any atom is 0.273 e. The van der Waals surface area contributed by atoms with Crippen LogP contribution in [0.4, 0.5) is 5.69 Å². The largest absolute Gasteiger partial charge is 0.396 e. The Morgan fingerprint density at radius 2 is 2.00 bits per heavy atom. The molecule has 8 heteroatoms. The Morgan fingerprint density at radius 1 is 1.38 bits per heavy atom. The molecule has 0 radical (unpaired) electrons. The van der Waals surface area contributed by atoms with Crippen LogP contribution in [-0.4, -0.2) is 31.1 Å². The lowest BCUT2D eigenvalue weighted by Gasteiger charge is -2.21. The lowest BCUT2D eigenvalue weighted by molar-refractivity contribution is -0.385. The smallest absolute Gasteiger partial charge is 0.273 e. The molecule has 2 N–H and O–H groups in total. The van der Waals surface area contributed by atoms with Crippen molar-refractivity contribution < 1.29 is 18.4 Å². The Labute approximate surface area is 124 Å². The quantitative estimate of drug-likeness (QED) is 0.586. The first-order valence-electron chi connectivity index (χ1n) is 6.58. The molecule has 1 aromatic carbocycles. The van der Waals surface area contributed by atoms with Crippen LogP contribution in [0.2, 0.25) is 0 Å². The van der Waals surface area contributed by atoms with Gasteiger partial charge >= 0.3 is 0 Å². The van der Waals surface area contributed by atoms with E-state index in [1.807, 2.05) is 13.8 Å². The second-order valence-corrected chi connectivity index (χ2v) is 6.82. The highest BCUT2D eigenvalue weighted by molar-refractivity contribution is 7.89. The van der Waals surface area contributed by atoms with Gasteiger partial charge in [-0.05, 0) is 25.3 Å². The highest BCUT2D eigenvalue weighted by atomic mass is 32.2. The van der Waals surface area contributed by atoms with Crippen LogP contribution >= 0.6 is 0 Å². The number of nitro benzene ring substituents is 1. The van der Waals surface area contributed by atoms with E-state index in [0.29, 0.717) is 0 Å². The third kappa shape index (κ3) is 4.23. The number of benzene rings is 1. The Morgan fingerprint density at radius 3 is 2.48 bits per heavy atom. The number of sulfonamides is 1. The Bertz CT molecular complexity index is 613. The van der Waals surface area contributed by atoms with E-state index >= 15 is 0 Å². The van der Waals surface area contributed by atoms with Gasteiger partial charge in [-0.25, -0.2) is 13.1 Å². The number of aliphatic hydroxyl groups is 1. The number of nitrogens with zero attached hydrogens (tertiary/aromatic N) is 1. The van der Waals surface area contributed by atoms with Gasteiger partial charge in [-0.1, -0.05) is 19.9 Å². The predicted octanol–water partition coefficient (Wildman–Crippen LogP) is 1.59. The molecule has 1 atom stereocenters. The molecule has 0 heterocycles. The van der Waals surface area contributed by atoms with E-state index in [1.165, 1.54) is 25.1 Å². The van der Waals surface area contributed by atoms with E-state index in [-0.39, 0.29) is 35.1 Å². The summed E-state index contributed by atoms with van der Waals surface area (Å²) >= 11 is 0. The van der Waals surface area contributed by atoms with Gasteiger partial charge in [0.05, 0.1) is 9.82 Å². The van der Waals surface area contributed by atoms with Crippen LogP contribution in [-0.2, 0) is 10.0 Å². The predicted molar refractivity (Wildman–Crippen MR) is 78.5 cm³/mol. The van der Waals surface area contributed by atoms with Crippen LogP contribution in [0, 0.1) is 23.0 Å². The van der Waals surface area contributed by atoms with Crippen molar-refractivity contribution in [3.8, 4) is 0 Å². The minimum Gasteiger partial charge on any atom is -0.396 e. The SMILES string of the molecule is Cc1c([N+](=O)[O-])cccc1S(=O)(=O)NC(CCO)C(C)C. The first kappa shape index (κ1) is 17.5. The van der Waals surface area contributed by atoms with E-state index < -0.39 is 21.0 Å². The normalized spacial score (nSPS) is 13.4. The summed E-state index contributed by atoms with van der Waals surface area (Å²) in [6.07, 6.45) is 0.283. The van der Waals surface area contributed by atoms with Gasteiger partial charge in [-0.2, -0.15) is 0 Å². The number of nitro groups is 1. The standard InChI is InChI=1S/C13H20N2O5S/c1-9(2)11(7-8-16)14-21(19,20)13-6-4-5-12(10(13)3)15(17)18/h4-6,9,11,14,16H,7-8H2,1-3H3. The summed E-state index contributed by atoms with van der Waals surface area (Å²) in [5.74, 6) is -0.00840. The monoisotopic (exact) mass is 316 g/mol. The Hall–Kier alpha value is -1.51. The molecule has 21 heavy (non-hydrogen) atoms. The van der Waals surface area contributed by atoms with Gasteiger partial charge in [0.1, 0.15) is 0 Å². The molecule has 0 saturated carbocycles. The van der Waals surface area contributed by atoms with Gasteiger partial charge in [0.2, 0.25) is 10.0 Å². The van der Waals surface area contributed by atoms with Gasteiger partial charge in [0.15, 0.2) is 0 Å². The fourth-order valence-corrected chi connectivity index (χ4v) is 3.70. The molecule has 1 aromatic rings. The van der Waals surface area contributed by atoms with Crippen LogP contribution in [0.15, 0.2) is 23.1 Å². The number of rotatable bonds is 7. The number of hydrogen-bond donors (Lipinski definition) is 2. The number of hydrogen-bond acceptors (Lipinski definition) is 5. The zero-order valence-corrected chi connectivity index (χ0v) is 13.1. The van der Waals surface area contributed by atoms with Crippen molar-refractivity contribution in [3.05, 3.63) is 33.9 Å². The fourth-order valence-electron chi connectivity index (χ4n) is 2.02. The molecule has 0 fully saturated rings. The zero-order chi connectivity index (χ0) is 16.2. The average Bonchev–Trinajstić information content (AvgIpc) is 2.37. The highest BCUT2D eigenvalue weighted by Crippen LogP contribution is 2.25. The maximum atomic E-state index is 12.4. The molecular weight excluding hydrogens is 296 g/mol. The first-order valence-corrected chi connectivity index (χ1v) is 8.06. The van der Waals surface area contributed by atoms with E-state index in [0.717, 1.165) is 0 Å².